The van der Waals surface area contributed by atoms with Crippen molar-refractivity contribution in [2.45, 2.75) is 19.3 Å². The fourth-order valence-corrected chi connectivity index (χ4v) is 2.66. The van der Waals surface area contributed by atoms with Gasteiger partial charge in [0.1, 0.15) is 5.75 Å². The molecule has 3 heteroatoms. The van der Waals surface area contributed by atoms with Crippen LogP contribution >= 0.6 is 15.9 Å². The molecule has 16 heavy (non-hydrogen) atoms. The highest BCUT2D eigenvalue weighted by molar-refractivity contribution is 9.10. The molecule has 2 nitrogen and oxygen atoms in total. The van der Waals surface area contributed by atoms with Crippen LogP contribution in [0, 0.1) is 5.92 Å². The van der Waals surface area contributed by atoms with Gasteiger partial charge in [0.15, 0.2) is 0 Å². The molecule has 2 unspecified atom stereocenters. The van der Waals surface area contributed by atoms with Crippen molar-refractivity contribution < 1.29 is 4.74 Å². The van der Waals surface area contributed by atoms with Crippen LogP contribution in [-0.2, 0) is 0 Å². The third-order valence-corrected chi connectivity index (χ3v) is 3.90. The van der Waals surface area contributed by atoms with Crippen LogP contribution in [0.25, 0.3) is 0 Å². The molecule has 0 aromatic heterocycles. The Bertz CT molecular complexity index is 367. The van der Waals surface area contributed by atoms with Crippen molar-refractivity contribution in [1.29, 1.82) is 0 Å². The maximum Gasteiger partial charge on any atom is 0.119 e. The minimum Gasteiger partial charge on any atom is -0.497 e. The highest BCUT2D eigenvalue weighted by Crippen LogP contribution is 2.49. The molecule has 1 aromatic carbocycles. The zero-order valence-corrected chi connectivity index (χ0v) is 11.4. The second-order valence-electron chi connectivity index (χ2n) is 4.30. The molecule has 0 amide bonds. The van der Waals surface area contributed by atoms with Crippen LogP contribution in [0.2, 0.25) is 0 Å². The van der Waals surface area contributed by atoms with E-state index < -0.39 is 0 Å². The van der Waals surface area contributed by atoms with Gasteiger partial charge in [-0.25, -0.2) is 0 Å². The maximum atomic E-state index is 5.27. The highest BCUT2D eigenvalue weighted by Gasteiger charge is 2.38. The summed E-state index contributed by atoms with van der Waals surface area (Å²) in [5, 5.41) is 3.41. The average molecular weight is 284 g/mol. The first-order valence-corrected chi connectivity index (χ1v) is 6.59. The van der Waals surface area contributed by atoms with Crippen LogP contribution in [0.3, 0.4) is 0 Å². The summed E-state index contributed by atoms with van der Waals surface area (Å²) >= 11 is 3.62. The second-order valence-corrected chi connectivity index (χ2v) is 5.15. The van der Waals surface area contributed by atoms with Gasteiger partial charge in [0.25, 0.3) is 0 Å². The van der Waals surface area contributed by atoms with E-state index in [9.17, 15) is 0 Å². The lowest BCUT2D eigenvalue weighted by molar-refractivity contribution is 0.414. The first-order valence-electron chi connectivity index (χ1n) is 5.80. The minimum absolute atomic E-state index is 0.698. The Balaban J connectivity index is 2.04. The Morgan fingerprint density at radius 3 is 3.00 bits per heavy atom. The molecule has 1 aliphatic carbocycles. The summed E-state index contributed by atoms with van der Waals surface area (Å²) in [6.07, 6.45) is 1.29. The zero-order chi connectivity index (χ0) is 11.5. The van der Waals surface area contributed by atoms with E-state index in [0.29, 0.717) is 5.92 Å². The third kappa shape index (κ3) is 2.58. The summed E-state index contributed by atoms with van der Waals surface area (Å²) in [7, 11) is 1.72. The van der Waals surface area contributed by atoms with Crippen molar-refractivity contribution in [3.05, 3.63) is 28.2 Å². The highest BCUT2D eigenvalue weighted by atomic mass is 79.9. The predicted octanol–water partition coefficient (Wildman–Crippen LogP) is 3.17. The Morgan fingerprint density at radius 2 is 2.31 bits per heavy atom. The Kier molecular flexibility index (Phi) is 3.87. The number of benzene rings is 1. The van der Waals surface area contributed by atoms with Gasteiger partial charge >= 0.3 is 0 Å². The van der Waals surface area contributed by atoms with Gasteiger partial charge in [-0.2, -0.15) is 0 Å². The molecular formula is C13H18BrNO. The monoisotopic (exact) mass is 283 g/mol. The number of hydrogen-bond donors (Lipinski definition) is 1. The van der Waals surface area contributed by atoms with Gasteiger partial charge in [0.2, 0.25) is 0 Å². The summed E-state index contributed by atoms with van der Waals surface area (Å²) in [5.41, 5.74) is 1.39. The largest absolute Gasteiger partial charge is 0.497 e. The lowest BCUT2D eigenvalue weighted by Gasteiger charge is -2.07. The van der Waals surface area contributed by atoms with Crippen LogP contribution in [0.1, 0.15) is 24.8 Å². The van der Waals surface area contributed by atoms with E-state index in [-0.39, 0.29) is 0 Å². The Hall–Kier alpha value is -0.540. The number of halogens is 1. The molecule has 0 spiro atoms. The maximum absolute atomic E-state index is 5.27. The molecule has 1 fully saturated rings. The second kappa shape index (κ2) is 5.19. The van der Waals surface area contributed by atoms with Gasteiger partial charge in [0.05, 0.1) is 7.11 Å². The summed E-state index contributed by atoms with van der Waals surface area (Å²) < 4.78 is 6.47. The van der Waals surface area contributed by atoms with Crippen molar-refractivity contribution in [2.24, 2.45) is 5.92 Å². The molecule has 0 bridgehead atoms. The molecule has 1 aromatic rings. The zero-order valence-electron chi connectivity index (χ0n) is 9.79. The predicted molar refractivity (Wildman–Crippen MR) is 70.1 cm³/mol. The van der Waals surface area contributed by atoms with Gasteiger partial charge in [-0.15, -0.1) is 0 Å². The first-order chi connectivity index (χ1) is 7.76. The van der Waals surface area contributed by atoms with Crippen molar-refractivity contribution in [3.63, 3.8) is 0 Å². The number of ether oxygens (including phenoxy) is 1. The topological polar surface area (TPSA) is 21.3 Å². The van der Waals surface area contributed by atoms with E-state index in [4.69, 9.17) is 4.74 Å². The summed E-state index contributed by atoms with van der Waals surface area (Å²) in [4.78, 5) is 0. The van der Waals surface area contributed by atoms with Gasteiger partial charge in [-0.05, 0) is 55.1 Å². The smallest absolute Gasteiger partial charge is 0.119 e. The molecule has 2 rings (SSSR count). The molecule has 0 aliphatic heterocycles. The van der Waals surface area contributed by atoms with Crippen LogP contribution in [0.15, 0.2) is 22.7 Å². The quantitative estimate of drug-likeness (QED) is 0.896. The van der Waals surface area contributed by atoms with E-state index in [0.717, 1.165) is 24.8 Å². The van der Waals surface area contributed by atoms with Crippen molar-refractivity contribution >= 4 is 15.9 Å². The van der Waals surface area contributed by atoms with Gasteiger partial charge in [0, 0.05) is 4.47 Å². The summed E-state index contributed by atoms with van der Waals surface area (Å²) in [6, 6.07) is 6.23. The molecule has 0 saturated heterocycles. The van der Waals surface area contributed by atoms with Crippen LogP contribution in [0.5, 0.6) is 5.75 Å². The minimum atomic E-state index is 0.698. The van der Waals surface area contributed by atoms with Gasteiger partial charge < -0.3 is 10.1 Å². The van der Waals surface area contributed by atoms with E-state index >= 15 is 0 Å². The molecule has 0 radical (unpaired) electrons. The molecule has 1 saturated carbocycles. The van der Waals surface area contributed by atoms with E-state index in [1.807, 2.05) is 6.07 Å². The van der Waals surface area contributed by atoms with Gasteiger partial charge in [-0.3, -0.25) is 0 Å². The number of rotatable bonds is 5. The summed E-state index contributed by atoms with van der Waals surface area (Å²) in [5.74, 6) is 2.44. The van der Waals surface area contributed by atoms with Gasteiger partial charge in [-0.1, -0.05) is 22.9 Å². The van der Waals surface area contributed by atoms with Crippen molar-refractivity contribution in [2.75, 3.05) is 20.2 Å². The van der Waals surface area contributed by atoms with E-state index in [2.05, 4.69) is 40.3 Å². The molecule has 2 atom stereocenters. The molecular weight excluding hydrogens is 266 g/mol. The third-order valence-electron chi connectivity index (χ3n) is 3.18. The Morgan fingerprint density at radius 1 is 1.50 bits per heavy atom. The van der Waals surface area contributed by atoms with E-state index in [1.54, 1.807) is 7.11 Å². The van der Waals surface area contributed by atoms with Crippen LogP contribution in [0.4, 0.5) is 0 Å². The normalized spacial score (nSPS) is 23.2. The summed E-state index contributed by atoms with van der Waals surface area (Å²) in [6.45, 7) is 4.34. The molecule has 88 valence electrons. The number of methoxy groups -OCH3 is 1. The molecule has 1 aliphatic rings. The Labute approximate surface area is 106 Å². The fraction of sp³-hybridized carbons (Fsp3) is 0.538. The lowest BCUT2D eigenvalue weighted by atomic mass is 10.1. The average Bonchev–Trinajstić information content (AvgIpc) is 3.06. The van der Waals surface area contributed by atoms with Crippen molar-refractivity contribution in [3.8, 4) is 5.75 Å². The lowest BCUT2D eigenvalue weighted by Crippen LogP contribution is -2.16. The molecule has 1 N–H and O–H groups in total. The number of hydrogen-bond acceptors (Lipinski definition) is 2. The van der Waals surface area contributed by atoms with Crippen LogP contribution in [-0.4, -0.2) is 20.2 Å². The first kappa shape index (κ1) is 11.9. The number of nitrogens with one attached hydrogen (secondary N) is 1. The van der Waals surface area contributed by atoms with Crippen molar-refractivity contribution in [1.82, 2.24) is 5.32 Å². The standard InChI is InChI=1S/C13H18BrNO/c1-3-15-8-9-6-11(9)12-7-10(16-2)4-5-13(12)14/h4-5,7,9,11,15H,3,6,8H2,1-2H3. The SMILES string of the molecule is CCNCC1CC1c1cc(OC)ccc1Br. The fourth-order valence-electron chi connectivity index (χ4n) is 2.12. The molecule has 0 heterocycles. The van der Waals surface area contributed by atoms with E-state index in [1.165, 1.54) is 16.5 Å². The van der Waals surface area contributed by atoms with Crippen LogP contribution < -0.4 is 10.1 Å².